The summed E-state index contributed by atoms with van der Waals surface area (Å²) in [5, 5.41) is 0.126. The third kappa shape index (κ3) is 4.59. The number of nitrogens with zero attached hydrogens (tertiary/aromatic N) is 1. The van der Waals surface area contributed by atoms with Crippen molar-refractivity contribution in [3.63, 3.8) is 0 Å². The monoisotopic (exact) mass is 308 g/mol. The average molecular weight is 309 g/mol. The summed E-state index contributed by atoms with van der Waals surface area (Å²) < 4.78 is 28.9. The number of alkyl halides is 1. The van der Waals surface area contributed by atoms with Crippen LogP contribution in [0.4, 0.5) is 0 Å². The Kier molecular flexibility index (Phi) is 5.93. The first-order valence-corrected chi connectivity index (χ1v) is 9.36. The van der Waals surface area contributed by atoms with E-state index in [-0.39, 0.29) is 11.3 Å². The molecule has 1 heterocycles. The first kappa shape index (κ1) is 15.5. The molecule has 1 saturated carbocycles. The smallest absolute Gasteiger partial charge is 0.202 e. The fourth-order valence-electron chi connectivity index (χ4n) is 2.98. The van der Waals surface area contributed by atoms with Crippen LogP contribution in [0.25, 0.3) is 0 Å². The molecule has 6 heteroatoms. The molecule has 0 spiro atoms. The summed E-state index contributed by atoms with van der Waals surface area (Å²) in [5.74, 6) is 0.289. The Hall–Kier alpha value is 0.160. The van der Waals surface area contributed by atoms with Crippen LogP contribution in [-0.2, 0) is 10.2 Å². The van der Waals surface area contributed by atoms with Crippen LogP contribution < -0.4 is 4.72 Å². The van der Waals surface area contributed by atoms with Crippen LogP contribution in [0.5, 0.6) is 0 Å². The minimum atomic E-state index is -3.30. The molecule has 1 saturated heterocycles. The van der Waals surface area contributed by atoms with E-state index in [4.69, 9.17) is 11.6 Å². The summed E-state index contributed by atoms with van der Waals surface area (Å²) in [6.45, 7) is 1.81. The zero-order valence-electron chi connectivity index (χ0n) is 11.5. The van der Waals surface area contributed by atoms with Crippen molar-refractivity contribution in [2.75, 3.05) is 19.6 Å². The molecule has 0 radical (unpaired) electrons. The highest BCUT2D eigenvalue weighted by atomic mass is 35.5. The summed E-state index contributed by atoms with van der Waals surface area (Å²) in [4.78, 5) is 0. The van der Waals surface area contributed by atoms with Crippen molar-refractivity contribution in [2.45, 2.75) is 56.7 Å². The normalized spacial score (nSPS) is 31.0. The van der Waals surface area contributed by atoms with Gasteiger partial charge in [-0.2, -0.15) is 12.7 Å². The Morgan fingerprint density at radius 3 is 2.26 bits per heavy atom. The topological polar surface area (TPSA) is 49.4 Å². The minimum Gasteiger partial charge on any atom is -0.202 e. The van der Waals surface area contributed by atoms with E-state index in [0.717, 1.165) is 38.5 Å². The maximum Gasteiger partial charge on any atom is 0.279 e. The standard InChI is InChI=1S/C13H25ClN2O2S/c14-13-8-4-3-7-12(13)11-15-19(17,18)16-9-5-1-2-6-10-16/h12-13,15H,1-11H2. The van der Waals surface area contributed by atoms with Crippen molar-refractivity contribution < 1.29 is 8.42 Å². The zero-order valence-corrected chi connectivity index (χ0v) is 13.1. The molecule has 0 amide bonds. The van der Waals surface area contributed by atoms with Gasteiger partial charge in [-0.3, -0.25) is 0 Å². The third-order valence-electron chi connectivity index (χ3n) is 4.25. The summed E-state index contributed by atoms with van der Waals surface area (Å²) in [5.41, 5.74) is 0. The van der Waals surface area contributed by atoms with Gasteiger partial charge in [0.25, 0.3) is 10.2 Å². The Balaban J connectivity index is 1.85. The van der Waals surface area contributed by atoms with Crippen molar-refractivity contribution in [2.24, 2.45) is 5.92 Å². The van der Waals surface area contributed by atoms with E-state index < -0.39 is 10.2 Å². The Labute approximate surface area is 122 Å². The third-order valence-corrected chi connectivity index (χ3v) is 6.40. The van der Waals surface area contributed by atoms with Crippen LogP contribution in [0.15, 0.2) is 0 Å². The largest absolute Gasteiger partial charge is 0.279 e. The highest BCUT2D eigenvalue weighted by molar-refractivity contribution is 7.87. The van der Waals surface area contributed by atoms with E-state index in [1.807, 2.05) is 0 Å². The summed E-state index contributed by atoms with van der Waals surface area (Å²) in [6.07, 6.45) is 8.61. The van der Waals surface area contributed by atoms with Crippen LogP contribution in [0.3, 0.4) is 0 Å². The zero-order chi connectivity index (χ0) is 13.7. The van der Waals surface area contributed by atoms with Gasteiger partial charge in [-0.15, -0.1) is 11.6 Å². The Morgan fingerprint density at radius 1 is 1.00 bits per heavy atom. The predicted octanol–water partition coefficient (Wildman–Crippen LogP) is 2.49. The molecule has 19 heavy (non-hydrogen) atoms. The van der Waals surface area contributed by atoms with E-state index in [1.165, 1.54) is 12.8 Å². The maximum absolute atomic E-state index is 12.3. The lowest BCUT2D eigenvalue weighted by molar-refractivity contribution is 0.355. The average Bonchev–Trinajstić information content (AvgIpc) is 2.67. The molecule has 1 aliphatic carbocycles. The first-order chi connectivity index (χ1) is 9.09. The van der Waals surface area contributed by atoms with Gasteiger partial charge < -0.3 is 0 Å². The van der Waals surface area contributed by atoms with Gasteiger partial charge in [-0.25, -0.2) is 4.72 Å². The lowest BCUT2D eigenvalue weighted by atomic mass is 9.89. The Bertz CT molecular complexity index is 367. The first-order valence-electron chi connectivity index (χ1n) is 7.48. The van der Waals surface area contributed by atoms with E-state index in [1.54, 1.807) is 4.31 Å². The molecule has 1 N–H and O–H groups in total. The molecule has 4 nitrogen and oxygen atoms in total. The summed E-state index contributed by atoms with van der Waals surface area (Å²) >= 11 is 6.27. The van der Waals surface area contributed by atoms with E-state index in [9.17, 15) is 8.42 Å². The number of rotatable bonds is 4. The minimum absolute atomic E-state index is 0.126. The lowest BCUT2D eigenvalue weighted by Crippen LogP contribution is -2.44. The number of hydrogen-bond acceptors (Lipinski definition) is 2. The Morgan fingerprint density at radius 2 is 1.63 bits per heavy atom. The number of nitrogens with one attached hydrogen (secondary N) is 1. The molecular weight excluding hydrogens is 284 g/mol. The predicted molar refractivity (Wildman–Crippen MR) is 78.6 cm³/mol. The number of halogens is 1. The molecule has 2 rings (SSSR count). The highest BCUT2D eigenvalue weighted by Crippen LogP contribution is 2.28. The van der Waals surface area contributed by atoms with Gasteiger partial charge in [0, 0.05) is 25.0 Å². The molecule has 2 aliphatic rings. The molecule has 0 aromatic rings. The van der Waals surface area contributed by atoms with Gasteiger partial charge in [0.05, 0.1) is 0 Å². The summed E-state index contributed by atoms with van der Waals surface area (Å²) in [7, 11) is -3.30. The van der Waals surface area contributed by atoms with Crippen molar-refractivity contribution in [3.8, 4) is 0 Å². The molecule has 1 aliphatic heterocycles. The van der Waals surface area contributed by atoms with E-state index in [2.05, 4.69) is 4.72 Å². The van der Waals surface area contributed by atoms with Gasteiger partial charge in [-0.1, -0.05) is 25.7 Å². The second kappa shape index (κ2) is 7.25. The van der Waals surface area contributed by atoms with Crippen molar-refractivity contribution in [1.29, 1.82) is 0 Å². The molecule has 0 aromatic heterocycles. The van der Waals surface area contributed by atoms with Crippen LogP contribution >= 0.6 is 11.6 Å². The molecule has 2 fully saturated rings. The maximum atomic E-state index is 12.3. The molecule has 112 valence electrons. The lowest BCUT2D eigenvalue weighted by Gasteiger charge is -2.28. The molecule has 0 aromatic carbocycles. The fraction of sp³-hybridized carbons (Fsp3) is 1.00. The molecule has 0 bridgehead atoms. The summed E-state index contributed by atoms with van der Waals surface area (Å²) in [6, 6.07) is 0. The highest BCUT2D eigenvalue weighted by Gasteiger charge is 2.27. The van der Waals surface area contributed by atoms with Gasteiger partial charge in [0.2, 0.25) is 0 Å². The van der Waals surface area contributed by atoms with E-state index in [0.29, 0.717) is 19.6 Å². The van der Waals surface area contributed by atoms with Crippen LogP contribution in [0.2, 0.25) is 0 Å². The second-order valence-corrected chi connectivity index (χ2v) is 8.04. The van der Waals surface area contributed by atoms with Crippen LogP contribution in [0.1, 0.15) is 51.4 Å². The van der Waals surface area contributed by atoms with Gasteiger partial charge in [0.15, 0.2) is 0 Å². The van der Waals surface area contributed by atoms with Gasteiger partial charge in [-0.05, 0) is 31.6 Å². The fourth-order valence-corrected chi connectivity index (χ4v) is 4.69. The quantitative estimate of drug-likeness (QED) is 0.811. The SMILES string of the molecule is O=S(=O)(NCC1CCCCC1Cl)N1CCCCCC1. The van der Waals surface area contributed by atoms with Crippen LogP contribution in [-0.4, -0.2) is 37.7 Å². The van der Waals surface area contributed by atoms with Gasteiger partial charge >= 0.3 is 0 Å². The van der Waals surface area contributed by atoms with Crippen LogP contribution in [0, 0.1) is 5.92 Å². The molecule has 2 atom stereocenters. The molecular formula is C13H25ClN2O2S. The number of hydrogen-bond donors (Lipinski definition) is 1. The molecule has 2 unspecified atom stereocenters. The van der Waals surface area contributed by atoms with Crippen molar-refractivity contribution >= 4 is 21.8 Å². The second-order valence-electron chi connectivity index (χ2n) is 5.73. The van der Waals surface area contributed by atoms with Gasteiger partial charge in [0.1, 0.15) is 0 Å². The van der Waals surface area contributed by atoms with E-state index >= 15 is 0 Å². The van der Waals surface area contributed by atoms with Crippen molar-refractivity contribution in [3.05, 3.63) is 0 Å². The van der Waals surface area contributed by atoms with Crippen molar-refractivity contribution in [1.82, 2.24) is 9.03 Å².